The maximum absolute atomic E-state index is 12.5. The average molecular weight is 339 g/mol. The van der Waals surface area contributed by atoms with Crippen molar-refractivity contribution < 1.29 is 13.2 Å². The fourth-order valence-corrected chi connectivity index (χ4v) is 3.45. The van der Waals surface area contributed by atoms with E-state index in [9.17, 15) is 13.2 Å². The van der Waals surface area contributed by atoms with E-state index in [1.54, 1.807) is 18.2 Å². The lowest BCUT2D eigenvalue weighted by molar-refractivity contribution is 0.139. The van der Waals surface area contributed by atoms with Gasteiger partial charge in [0.1, 0.15) is 0 Å². The van der Waals surface area contributed by atoms with Crippen molar-refractivity contribution in [3.05, 3.63) is 23.8 Å². The van der Waals surface area contributed by atoms with E-state index < -0.39 is 10.0 Å². The van der Waals surface area contributed by atoms with Crippen LogP contribution >= 0.6 is 0 Å². The highest BCUT2D eigenvalue weighted by molar-refractivity contribution is 7.92. The number of anilines is 2. The number of piperidine rings is 1. The molecule has 1 aromatic carbocycles. The van der Waals surface area contributed by atoms with Crippen molar-refractivity contribution in [1.29, 1.82) is 0 Å². The predicted octanol–water partition coefficient (Wildman–Crippen LogP) is 3.02. The summed E-state index contributed by atoms with van der Waals surface area (Å²) >= 11 is 0. The van der Waals surface area contributed by atoms with Gasteiger partial charge in [0.25, 0.3) is 0 Å². The summed E-state index contributed by atoms with van der Waals surface area (Å²) in [6, 6.07) is 5.26. The van der Waals surface area contributed by atoms with Crippen LogP contribution in [0.3, 0.4) is 0 Å². The maximum atomic E-state index is 12.5. The second-order valence-corrected chi connectivity index (χ2v) is 8.14. The van der Waals surface area contributed by atoms with Crippen LogP contribution in [-0.4, -0.2) is 38.2 Å². The van der Waals surface area contributed by atoms with Crippen molar-refractivity contribution in [2.24, 2.45) is 5.92 Å². The molecule has 6 nitrogen and oxygen atoms in total. The third-order valence-corrected chi connectivity index (χ3v) is 5.01. The number of urea groups is 1. The highest BCUT2D eigenvalue weighted by atomic mass is 32.2. The summed E-state index contributed by atoms with van der Waals surface area (Å²) in [6.07, 6.45) is 3.25. The smallest absolute Gasteiger partial charge is 0.322 e. The first-order valence-corrected chi connectivity index (χ1v) is 9.72. The Hall–Kier alpha value is -1.76. The van der Waals surface area contributed by atoms with Crippen LogP contribution in [0.25, 0.3) is 0 Å². The second-order valence-electron chi connectivity index (χ2n) is 6.39. The van der Waals surface area contributed by atoms with Gasteiger partial charge in [-0.1, -0.05) is 13.0 Å². The van der Waals surface area contributed by atoms with E-state index >= 15 is 0 Å². The van der Waals surface area contributed by atoms with E-state index in [-0.39, 0.29) is 12.1 Å². The van der Waals surface area contributed by atoms with Gasteiger partial charge in [0.2, 0.25) is 10.0 Å². The molecule has 128 valence electrons. The Kier molecular flexibility index (Phi) is 5.19. The number of aryl methyl sites for hydroxylation is 1. The number of nitrogens with zero attached hydrogens (tertiary/aromatic N) is 1. The minimum Gasteiger partial charge on any atom is -0.322 e. The summed E-state index contributed by atoms with van der Waals surface area (Å²) in [4.78, 5) is 14.3. The quantitative estimate of drug-likeness (QED) is 0.888. The largest absolute Gasteiger partial charge is 0.322 e. The van der Waals surface area contributed by atoms with Gasteiger partial charge >= 0.3 is 6.03 Å². The van der Waals surface area contributed by atoms with Crippen molar-refractivity contribution in [2.75, 3.05) is 22.8 Å². The normalized spacial score (nSPS) is 21.8. The molecule has 1 heterocycles. The van der Waals surface area contributed by atoms with E-state index in [4.69, 9.17) is 0 Å². The number of carbonyl (C=O) groups is 1. The molecule has 2 N–H and O–H groups in total. The Labute approximate surface area is 138 Å². The fraction of sp³-hybridized carbons (Fsp3) is 0.562. The number of amides is 2. The molecule has 23 heavy (non-hydrogen) atoms. The molecule has 0 bridgehead atoms. The van der Waals surface area contributed by atoms with Crippen LogP contribution in [0.4, 0.5) is 16.2 Å². The number of carbonyl (C=O) groups excluding carboxylic acids is 1. The molecule has 7 heteroatoms. The fourth-order valence-electron chi connectivity index (χ4n) is 2.83. The highest BCUT2D eigenvalue weighted by Crippen LogP contribution is 2.25. The van der Waals surface area contributed by atoms with Gasteiger partial charge in [-0.05, 0) is 50.3 Å². The molecule has 0 spiro atoms. The molecule has 1 aliphatic heterocycles. The Morgan fingerprint density at radius 1 is 1.30 bits per heavy atom. The first kappa shape index (κ1) is 17.6. The molecule has 0 aliphatic carbocycles. The van der Waals surface area contributed by atoms with E-state index in [1.165, 1.54) is 0 Å². The van der Waals surface area contributed by atoms with Crippen molar-refractivity contribution >= 4 is 27.4 Å². The molecular formula is C16H25N3O3S. The molecule has 2 unspecified atom stereocenters. The monoisotopic (exact) mass is 339 g/mol. The van der Waals surface area contributed by atoms with Crippen molar-refractivity contribution in [1.82, 2.24) is 4.90 Å². The summed E-state index contributed by atoms with van der Waals surface area (Å²) in [6.45, 7) is 6.78. The van der Waals surface area contributed by atoms with E-state index in [0.717, 1.165) is 31.2 Å². The third-order valence-electron chi connectivity index (χ3n) is 4.42. The average Bonchev–Trinajstić information content (AvgIpc) is 2.44. The van der Waals surface area contributed by atoms with Crippen LogP contribution in [0.15, 0.2) is 18.2 Å². The first-order valence-electron chi connectivity index (χ1n) is 7.83. The van der Waals surface area contributed by atoms with Crippen LogP contribution in [-0.2, 0) is 10.0 Å². The lowest BCUT2D eigenvalue weighted by Crippen LogP contribution is -2.47. The molecule has 2 atom stereocenters. The molecule has 0 radical (unpaired) electrons. The van der Waals surface area contributed by atoms with Gasteiger partial charge in [-0.25, -0.2) is 13.2 Å². The van der Waals surface area contributed by atoms with Crippen LogP contribution < -0.4 is 10.0 Å². The van der Waals surface area contributed by atoms with Gasteiger partial charge in [0, 0.05) is 18.3 Å². The topological polar surface area (TPSA) is 78.5 Å². The van der Waals surface area contributed by atoms with Gasteiger partial charge in [-0.3, -0.25) is 4.72 Å². The lowest BCUT2D eigenvalue weighted by Gasteiger charge is -2.37. The second kappa shape index (κ2) is 6.78. The number of rotatable bonds is 3. The minimum atomic E-state index is -3.35. The molecule has 1 aromatic rings. The maximum Gasteiger partial charge on any atom is 0.322 e. The van der Waals surface area contributed by atoms with Gasteiger partial charge < -0.3 is 10.2 Å². The number of nitrogens with one attached hydrogen (secondary N) is 2. The Bertz CT molecular complexity index is 688. The molecular weight excluding hydrogens is 314 g/mol. The first-order chi connectivity index (χ1) is 10.7. The van der Waals surface area contributed by atoms with E-state index in [1.807, 2.05) is 11.8 Å². The van der Waals surface area contributed by atoms with Crippen LogP contribution in [0.1, 0.15) is 32.3 Å². The van der Waals surface area contributed by atoms with Crippen LogP contribution in [0, 0.1) is 12.8 Å². The van der Waals surface area contributed by atoms with Crippen molar-refractivity contribution in [3.63, 3.8) is 0 Å². The van der Waals surface area contributed by atoms with Crippen molar-refractivity contribution in [2.45, 2.75) is 39.7 Å². The minimum absolute atomic E-state index is 0.141. The summed E-state index contributed by atoms with van der Waals surface area (Å²) < 4.78 is 25.3. The number of hydrogen-bond donors (Lipinski definition) is 2. The van der Waals surface area contributed by atoms with Gasteiger partial charge in [-0.2, -0.15) is 0 Å². The van der Waals surface area contributed by atoms with Crippen LogP contribution in [0.2, 0.25) is 0 Å². The predicted molar refractivity (Wildman–Crippen MR) is 93.2 cm³/mol. The Balaban J connectivity index is 2.13. The summed E-state index contributed by atoms with van der Waals surface area (Å²) in [5.41, 5.74) is 1.86. The zero-order chi connectivity index (χ0) is 17.2. The molecule has 2 amide bonds. The lowest BCUT2D eigenvalue weighted by atomic mass is 9.92. The molecule has 1 saturated heterocycles. The van der Waals surface area contributed by atoms with E-state index in [0.29, 0.717) is 17.3 Å². The number of sulfonamides is 1. The zero-order valence-electron chi connectivity index (χ0n) is 14.1. The Morgan fingerprint density at radius 2 is 2.00 bits per heavy atom. The van der Waals surface area contributed by atoms with Gasteiger partial charge in [0.15, 0.2) is 0 Å². The number of benzene rings is 1. The number of hydrogen-bond acceptors (Lipinski definition) is 3. The summed E-state index contributed by atoms with van der Waals surface area (Å²) in [7, 11) is -3.35. The molecule has 1 fully saturated rings. The number of likely N-dealkylation sites (tertiary alicyclic amines) is 1. The highest BCUT2D eigenvalue weighted by Gasteiger charge is 2.28. The molecule has 1 aliphatic rings. The summed E-state index contributed by atoms with van der Waals surface area (Å²) in [5.74, 6) is 0.481. The third kappa shape index (κ3) is 4.60. The summed E-state index contributed by atoms with van der Waals surface area (Å²) in [5, 5.41) is 2.87. The van der Waals surface area contributed by atoms with E-state index in [2.05, 4.69) is 23.9 Å². The van der Waals surface area contributed by atoms with Gasteiger partial charge in [-0.15, -0.1) is 0 Å². The molecule has 0 aromatic heterocycles. The van der Waals surface area contributed by atoms with Gasteiger partial charge in [0.05, 0.1) is 11.9 Å². The molecule has 0 saturated carbocycles. The van der Waals surface area contributed by atoms with Crippen molar-refractivity contribution in [3.8, 4) is 0 Å². The SMILES string of the molecule is Cc1ccc(NC(=O)N2CCCC(C)C2C)cc1NS(C)(=O)=O. The Morgan fingerprint density at radius 3 is 2.65 bits per heavy atom. The zero-order valence-corrected chi connectivity index (χ0v) is 14.9. The van der Waals surface area contributed by atoms with Crippen LogP contribution in [0.5, 0.6) is 0 Å². The molecule has 2 rings (SSSR count). The standard InChI is InChI=1S/C16H25N3O3S/c1-11-6-5-9-19(13(11)3)16(20)17-14-8-7-12(2)15(10-14)18-23(4,21)22/h7-8,10-11,13,18H,5-6,9H2,1-4H3,(H,17,20).